The van der Waals surface area contributed by atoms with E-state index in [1.54, 1.807) is 0 Å². The lowest BCUT2D eigenvalue weighted by Gasteiger charge is -2.29. The maximum absolute atomic E-state index is 12.2. The molecule has 1 aliphatic rings. The number of aromatic amines is 1. The minimum atomic E-state index is -0.976. The minimum absolute atomic E-state index is 0.133. The summed E-state index contributed by atoms with van der Waals surface area (Å²) in [4.78, 5) is 28.8. The Morgan fingerprint density at radius 3 is 2.95 bits per heavy atom. The van der Waals surface area contributed by atoms with Crippen LogP contribution >= 0.6 is 11.8 Å². The van der Waals surface area contributed by atoms with Crippen LogP contribution in [0.25, 0.3) is 0 Å². The number of hydrogen-bond donors (Lipinski definition) is 3. The zero-order valence-electron chi connectivity index (χ0n) is 11.2. The van der Waals surface area contributed by atoms with E-state index >= 15 is 0 Å². The molecule has 3 N–H and O–H groups in total. The summed E-state index contributed by atoms with van der Waals surface area (Å²) >= 11 is 1.50. The number of hydrogen-bond acceptors (Lipinski definition) is 5. The molecule has 2 atom stereocenters. The molecule has 0 radical (unpaired) electrons. The number of aromatic nitrogens is 3. The molecule has 2 rings (SSSR count). The van der Waals surface area contributed by atoms with Crippen molar-refractivity contribution >= 4 is 23.8 Å². The molecule has 0 aliphatic carbocycles. The molecular formula is C11H17N5O3S. The molecule has 2 amide bonds. The first kappa shape index (κ1) is 14.6. The van der Waals surface area contributed by atoms with Crippen LogP contribution in [-0.4, -0.2) is 54.4 Å². The van der Waals surface area contributed by atoms with Crippen LogP contribution in [0.3, 0.4) is 0 Å². The standard InChI is InChI=1S/C11H17N5O3S/c1-6(2)9-16(7(4-20-9)10(17)18)11(19)12-3-8-13-5-14-15-8/h5-7,9H,3-4H2,1-2H3,(H,12,19)(H,17,18)(H,13,14,15). The van der Waals surface area contributed by atoms with Gasteiger partial charge >= 0.3 is 12.0 Å². The Morgan fingerprint density at radius 2 is 2.40 bits per heavy atom. The Hall–Kier alpha value is -1.77. The highest BCUT2D eigenvalue weighted by Gasteiger charge is 2.42. The van der Waals surface area contributed by atoms with Crippen molar-refractivity contribution < 1.29 is 14.7 Å². The SMILES string of the molecule is CC(C)C1SCC(C(=O)O)N1C(=O)NCc1ncn[nH]1. The second-order valence-electron chi connectivity index (χ2n) is 4.82. The molecule has 2 heterocycles. The highest BCUT2D eigenvalue weighted by molar-refractivity contribution is 8.00. The largest absolute Gasteiger partial charge is 0.480 e. The molecule has 1 aromatic heterocycles. The van der Waals surface area contributed by atoms with Gasteiger partial charge in [0.25, 0.3) is 0 Å². The molecular weight excluding hydrogens is 282 g/mol. The molecule has 1 aromatic rings. The second kappa shape index (κ2) is 6.12. The van der Waals surface area contributed by atoms with Crippen molar-refractivity contribution in [2.45, 2.75) is 31.8 Å². The minimum Gasteiger partial charge on any atom is -0.480 e. The first-order chi connectivity index (χ1) is 9.50. The monoisotopic (exact) mass is 299 g/mol. The van der Waals surface area contributed by atoms with Gasteiger partial charge in [0, 0.05) is 5.75 Å². The van der Waals surface area contributed by atoms with Gasteiger partial charge < -0.3 is 10.4 Å². The number of amides is 2. The van der Waals surface area contributed by atoms with E-state index < -0.39 is 18.0 Å². The van der Waals surface area contributed by atoms with Crippen LogP contribution in [0, 0.1) is 5.92 Å². The summed E-state index contributed by atoms with van der Waals surface area (Å²) in [7, 11) is 0. The van der Waals surface area contributed by atoms with Crippen LogP contribution in [0.4, 0.5) is 4.79 Å². The van der Waals surface area contributed by atoms with Gasteiger partial charge in [0.1, 0.15) is 18.2 Å². The summed E-state index contributed by atoms with van der Waals surface area (Å²) in [6, 6.07) is -1.18. The second-order valence-corrected chi connectivity index (χ2v) is 5.97. The molecule has 1 aliphatic heterocycles. The van der Waals surface area contributed by atoms with Crippen molar-refractivity contribution in [1.29, 1.82) is 0 Å². The number of thioether (sulfide) groups is 1. The molecule has 8 nitrogen and oxygen atoms in total. The van der Waals surface area contributed by atoms with Crippen molar-refractivity contribution in [3.8, 4) is 0 Å². The van der Waals surface area contributed by atoms with Gasteiger partial charge in [0.15, 0.2) is 0 Å². The molecule has 0 aromatic carbocycles. The van der Waals surface area contributed by atoms with E-state index in [1.807, 2.05) is 13.8 Å². The number of urea groups is 1. The number of H-pyrrole nitrogens is 1. The molecule has 0 spiro atoms. The summed E-state index contributed by atoms with van der Waals surface area (Å²) in [5.74, 6) is 0.141. The average molecular weight is 299 g/mol. The third-order valence-corrected chi connectivity index (χ3v) is 4.62. The van der Waals surface area contributed by atoms with Crippen LogP contribution in [0.1, 0.15) is 19.7 Å². The van der Waals surface area contributed by atoms with Crippen LogP contribution in [0.15, 0.2) is 6.33 Å². The number of rotatable bonds is 4. The number of aliphatic carboxylic acids is 1. The van der Waals surface area contributed by atoms with Crippen molar-refractivity contribution in [2.24, 2.45) is 5.92 Å². The molecule has 2 unspecified atom stereocenters. The van der Waals surface area contributed by atoms with Gasteiger partial charge in [-0.05, 0) is 5.92 Å². The van der Waals surface area contributed by atoms with E-state index in [9.17, 15) is 14.7 Å². The number of carboxylic acid groups (broad SMARTS) is 1. The predicted molar refractivity (Wildman–Crippen MR) is 73.0 cm³/mol. The lowest BCUT2D eigenvalue weighted by molar-refractivity contribution is -0.141. The maximum Gasteiger partial charge on any atom is 0.327 e. The Bertz CT molecular complexity index is 478. The predicted octanol–water partition coefficient (Wildman–Crippen LogP) is 0.498. The molecule has 110 valence electrons. The van der Waals surface area contributed by atoms with E-state index in [2.05, 4.69) is 20.5 Å². The first-order valence-electron chi connectivity index (χ1n) is 6.25. The molecule has 1 saturated heterocycles. The lowest BCUT2D eigenvalue weighted by atomic mass is 10.2. The van der Waals surface area contributed by atoms with E-state index in [0.717, 1.165) is 0 Å². The van der Waals surface area contributed by atoms with E-state index in [-0.39, 0.29) is 17.8 Å². The first-order valence-corrected chi connectivity index (χ1v) is 7.30. The summed E-state index contributed by atoms with van der Waals surface area (Å²) in [5.41, 5.74) is 0. The summed E-state index contributed by atoms with van der Waals surface area (Å²) < 4.78 is 0. The van der Waals surface area contributed by atoms with Crippen molar-refractivity contribution in [3.63, 3.8) is 0 Å². The summed E-state index contributed by atoms with van der Waals surface area (Å²) in [6.45, 7) is 4.13. The Kier molecular flexibility index (Phi) is 4.48. The zero-order chi connectivity index (χ0) is 14.7. The van der Waals surface area contributed by atoms with Gasteiger partial charge in [-0.1, -0.05) is 13.8 Å². The molecule has 20 heavy (non-hydrogen) atoms. The quantitative estimate of drug-likeness (QED) is 0.746. The fourth-order valence-corrected chi connectivity index (χ4v) is 3.53. The third-order valence-electron chi connectivity index (χ3n) is 3.00. The number of carbonyl (C=O) groups excluding carboxylic acids is 1. The van der Waals surface area contributed by atoms with Crippen LogP contribution in [0.2, 0.25) is 0 Å². The van der Waals surface area contributed by atoms with Gasteiger partial charge in [-0.3, -0.25) is 10.00 Å². The van der Waals surface area contributed by atoms with Gasteiger partial charge in [-0.15, -0.1) is 11.8 Å². The highest BCUT2D eigenvalue weighted by atomic mass is 32.2. The number of nitrogens with zero attached hydrogens (tertiary/aromatic N) is 3. The number of carboxylic acids is 1. The molecule has 0 bridgehead atoms. The highest BCUT2D eigenvalue weighted by Crippen LogP contribution is 2.33. The van der Waals surface area contributed by atoms with Gasteiger partial charge in [-0.2, -0.15) is 5.10 Å². The Balaban J connectivity index is 2.04. The summed E-state index contributed by atoms with van der Waals surface area (Å²) in [6.07, 6.45) is 1.35. The normalized spacial score (nSPS) is 22.2. The topological polar surface area (TPSA) is 111 Å². The maximum atomic E-state index is 12.2. The average Bonchev–Trinajstić information content (AvgIpc) is 3.04. The third kappa shape index (κ3) is 3.03. The number of nitrogens with one attached hydrogen (secondary N) is 2. The van der Waals surface area contributed by atoms with Crippen LogP contribution < -0.4 is 5.32 Å². The molecule has 1 fully saturated rings. The van der Waals surface area contributed by atoms with Crippen molar-refractivity contribution in [1.82, 2.24) is 25.4 Å². The van der Waals surface area contributed by atoms with E-state index in [4.69, 9.17) is 0 Å². The smallest absolute Gasteiger partial charge is 0.327 e. The Morgan fingerprint density at radius 1 is 1.65 bits per heavy atom. The van der Waals surface area contributed by atoms with Gasteiger partial charge in [0.2, 0.25) is 0 Å². The van der Waals surface area contributed by atoms with Gasteiger partial charge in [-0.25, -0.2) is 14.6 Å². The number of carbonyl (C=O) groups is 2. The van der Waals surface area contributed by atoms with Gasteiger partial charge in [0.05, 0.1) is 11.9 Å². The molecule has 9 heteroatoms. The fraction of sp³-hybridized carbons (Fsp3) is 0.636. The lowest BCUT2D eigenvalue weighted by Crippen LogP contribution is -2.51. The summed E-state index contributed by atoms with van der Waals surface area (Å²) in [5, 5.41) is 18.1. The van der Waals surface area contributed by atoms with Crippen molar-refractivity contribution in [2.75, 3.05) is 5.75 Å². The fourth-order valence-electron chi connectivity index (χ4n) is 2.06. The van der Waals surface area contributed by atoms with E-state index in [0.29, 0.717) is 11.6 Å². The van der Waals surface area contributed by atoms with E-state index in [1.165, 1.54) is 23.0 Å². The van der Waals surface area contributed by atoms with Crippen molar-refractivity contribution in [3.05, 3.63) is 12.2 Å². The zero-order valence-corrected chi connectivity index (χ0v) is 12.1. The van der Waals surface area contributed by atoms with Crippen LogP contribution in [-0.2, 0) is 11.3 Å². The van der Waals surface area contributed by atoms with Crippen LogP contribution in [0.5, 0.6) is 0 Å². The Labute approximate surface area is 120 Å². The molecule has 0 saturated carbocycles.